The highest BCUT2D eigenvalue weighted by Crippen LogP contribution is 2.16. The number of benzene rings is 1. The van der Waals surface area contributed by atoms with Crippen LogP contribution >= 0.6 is 0 Å². The van der Waals surface area contributed by atoms with Crippen LogP contribution < -0.4 is 5.32 Å². The molecular formula is C15H20N2O2. The third-order valence-electron chi connectivity index (χ3n) is 3.59. The van der Waals surface area contributed by atoms with E-state index >= 15 is 0 Å². The topological polar surface area (TPSA) is 49.4 Å². The molecule has 0 spiro atoms. The summed E-state index contributed by atoms with van der Waals surface area (Å²) in [5, 5.41) is 2.90. The summed E-state index contributed by atoms with van der Waals surface area (Å²) in [4.78, 5) is 25.4. The maximum atomic E-state index is 12.0. The van der Waals surface area contributed by atoms with Gasteiger partial charge in [0.15, 0.2) is 0 Å². The summed E-state index contributed by atoms with van der Waals surface area (Å²) in [6, 6.07) is 9.74. The number of nitrogens with zero attached hydrogens (tertiary/aromatic N) is 1. The summed E-state index contributed by atoms with van der Waals surface area (Å²) in [6.45, 7) is 3.61. The van der Waals surface area contributed by atoms with E-state index in [1.165, 1.54) is 0 Å². The molecule has 0 saturated carbocycles. The number of urea groups is 1. The Morgan fingerprint density at radius 1 is 1.37 bits per heavy atom. The van der Waals surface area contributed by atoms with Crippen molar-refractivity contribution in [2.24, 2.45) is 5.92 Å². The number of piperidine rings is 1. The van der Waals surface area contributed by atoms with E-state index in [0.29, 0.717) is 26.1 Å². The number of Topliss-reactive ketones (excluding diaryl/α,β-unsaturated/α-hetero) is 1. The van der Waals surface area contributed by atoms with Crippen LogP contribution in [0.1, 0.15) is 25.3 Å². The standard InChI is InChI=1S/C15H20N2O2/c1-2-13-11-17(9-8-14(13)18)15(19)16-10-12-6-4-3-5-7-12/h3-7,13H,2,8-11H2,1H3,(H,16,19). The van der Waals surface area contributed by atoms with Crippen LogP contribution in [0.15, 0.2) is 30.3 Å². The van der Waals surface area contributed by atoms with Gasteiger partial charge in [-0.3, -0.25) is 4.79 Å². The summed E-state index contributed by atoms with van der Waals surface area (Å²) < 4.78 is 0. The van der Waals surface area contributed by atoms with E-state index in [1.54, 1.807) is 4.90 Å². The summed E-state index contributed by atoms with van der Waals surface area (Å²) in [5.41, 5.74) is 1.08. The van der Waals surface area contributed by atoms with Crippen molar-refractivity contribution in [1.29, 1.82) is 0 Å². The molecule has 1 aromatic carbocycles. The molecule has 19 heavy (non-hydrogen) atoms. The van der Waals surface area contributed by atoms with Gasteiger partial charge in [-0.05, 0) is 12.0 Å². The van der Waals surface area contributed by atoms with Gasteiger partial charge in [-0.25, -0.2) is 4.79 Å². The van der Waals surface area contributed by atoms with Crippen LogP contribution in [0.2, 0.25) is 0 Å². The fourth-order valence-electron chi connectivity index (χ4n) is 2.33. The number of ketones is 1. The Morgan fingerprint density at radius 2 is 2.11 bits per heavy atom. The molecule has 0 bridgehead atoms. The molecule has 1 N–H and O–H groups in total. The Balaban J connectivity index is 1.85. The van der Waals surface area contributed by atoms with Gasteiger partial charge in [0.25, 0.3) is 0 Å². The predicted octanol–water partition coefficient (Wildman–Crippen LogP) is 2.20. The number of hydrogen-bond donors (Lipinski definition) is 1. The van der Waals surface area contributed by atoms with E-state index in [-0.39, 0.29) is 17.7 Å². The molecule has 1 fully saturated rings. The van der Waals surface area contributed by atoms with Crippen molar-refractivity contribution in [2.75, 3.05) is 13.1 Å². The second-order valence-electron chi connectivity index (χ2n) is 4.91. The molecule has 0 aliphatic carbocycles. The van der Waals surface area contributed by atoms with Crippen LogP contribution in [0.4, 0.5) is 4.79 Å². The number of rotatable bonds is 3. The van der Waals surface area contributed by atoms with Crippen LogP contribution in [-0.4, -0.2) is 29.8 Å². The number of hydrogen-bond acceptors (Lipinski definition) is 2. The van der Waals surface area contributed by atoms with Gasteiger partial charge in [0.1, 0.15) is 5.78 Å². The SMILES string of the molecule is CCC1CN(C(=O)NCc2ccccc2)CCC1=O. The highest BCUT2D eigenvalue weighted by molar-refractivity contribution is 5.84. The van der Waals surface area contributed by atoms with Gasteiger partial charge >= 0.3 is 6.03 Å². The van der Waals surface area contributed by atoms with Crippen molar-refractivity contribution < 1.29 is 9.59 Å². The van der Waals surface area contributed by atoms with Crippen LogP contribution in [0.3, 0.4) is 0 Å². The first-order valence-corrected chi connectivity index (χ1v) is 6.80. The molecule has 1 aliphatic rings. The van der Waals surface area contributed by atoms with Gasteiger partial charge in [-0.1, -0.05) is 37.3 Å². The first-order valence-electron chi connectivity index (χ1n) is 6.80. The molecule has 102 valence electrons. The lowest BCUT2D eigenvalue weighted by Crippen LogP contribution is -2.48. The van der Waals surface area contributed by atoms with Crippen molar-refractivity contribution in [2.45, 2.75) is 26.3 Å². The van der Waals surface area contributed by atoms with Gasteiger partial charge in [-0.2, -0.15) is 0 Å². The number of likely N-dealkylation sites (tertiary alicyclic amines) is 1. The molecule has 1 saturated heterocycles. The zero-order valence-electron chi connectivity index (χ0n) is 11.3. The van der Waals surface area contributed by atoms with E-state index in [9.17, 15) is 9.59 Å². The molecule has 1 heterocycles. The Kier molecular flexibility index (Phi) is 4.55. The molecule has 2 rings (SSSR count). The molecule has 1 atom stereocenters. The lowest BCUT2D eigenvalue weighted by Gasteiger charge is -2.31. The van der Waals surface area contributed by atoms with Crippen molar-refractivity contribution in [3.05, 3.63) is 35.9 Å². The molecule has 4 heteroatoms. The average Bonchev–Trinajstić information content (AvgIpc) is 2.46. The molecule has 0 aromatic heterocycles. The number of carbonyl (C=O) groups is 2. The molecule has 2 amide bonds. The molecule has 0 radical (unpaired) electrons. The predicted molar refractivity (Wildman–Crippen MR) is 73.7 cm³/mol. The highest BCUT2D eigenvalue weighted by Gasteiger charge is 2.28. The number of nitrogens with one attached hydrogen (secondary N) is 1. The largest absolute Gasteiger partial charge is 0.334 e. The van der Waals surface area contributed by atoms with Crippen molar-refractivity contribution in [3.8, 4) is 0 Å². The number of carbonyl (C=O) groups excluding carboxylic acids is 2. The van der Waals surface area contributed by atoms with Crippen molar-refractivity contribution >= 4 is 11.8 Å². The molecule has 4 nitrogen and oxygen atoms in total. The van der Waals surface area contributed by atoms with Crippen LogP contribution in [0, 0.1) is 5.92 Å². The monoisotopic (exact) mass is 260 g/mol. The molecule has 1 aliphatic heterocycles. The normalized spacial score (nSPS) is 19.3. The third-order valence-corrected chi connectivity index (χ3v) is 3.59. The maximum Gasteiger partial charge on any atom is 0.317 e. The zero-order chi connectivity index (χ0) is 13.7. The molecule has 1 unspecified atom stereocenters. The van der Waals surface area contributed by atoms with Gasteiger partial charge in [0.05, 0.1) is 0 Å². The Bertz CT molecular complexity index is 445. The van der Waals surface area contributed by atoms with E-state index in [0.717, 1.165) is 12.0 Å². The first kappa shape index (κ1) is 13.6. The number of amides is 2. The molecular weight excluding hydrogens is 240 g/mol. The van der Waals surface area contributed by atoms with Crippen LogP contribution in [0.5, 0.6) is 0 Å². The maximum absolute atomic E-state index is 12.0. The second kappa shape index (κ2) is 6.36. The summed E-state index contributed by atoms with van der Waals surface area (Å²) in [6.07, 6.45) is 1.29. The Labute approximate surface area is 113 Å². The minimum absolute atomic E-state index is 0.0104. The third kappa shape index (κ3) is 3.56. The average molecular weight is 260 g/mol. The highest BCUT2D eigenvalue weighted by atomic mass is 16.2. The second-order valence-corrected chi connectivity index (χ2v) is 4.91. The Hall–Kier alpha value is -1.84. The van der Waals surface area contributed by atoms with Gasteiger partial charge in [0, 0.05) is 32.0 Å². The summed E-state index contributed by atoms with van der Waals surface area (Å²) in [7, 11) is 0. The Morgan fingerprint density at radius 3 is 2.79 bits per heavy atom. The van der Waals surface area contributed by atoms with Crippen molar-refractivity contribution in [3.63, 3.8) is 0 Å². The minimum Gasteiger partial charge on any atom is -0.334 e. The van der Waals surface area contributed by atoms with Gasteiger partial charge in [0.2, 0.25) is 0 Å². The zero-order valence-corrected chi connectivity index (χ0v) is 11.3. The fourth-order valence-corrected chi connectivity index (χ4v) is 2.33. The quantitative estimate of drug-likeness (QED) is 0.905. The lowest BCUT2D eigenvalue weighted by atomic mass is 9.94. The van der Waals surface area contributed by atoms with Gasteiger partial charge in [-0.15, -0.1) is 0 Å². The molecule has 1 aromatic rings. The van der Waals surface area contributed by atoms with E-state index in [2.05, 4.69) is 5.32 Å². The lowest BCUT2D eigenvalue weighted by molar-refractivity contribution is -0.125. The summed E-state index contributed by atoms with van der Waals surface area (Å²) in [5.74, 6) is 0.297. The first-order chi connectivity index (χ1) is 9.20. The van der Waals surface area contributed by atoms with E-state index in [1.807, 2.05) is 37.3 Å². The van der Waals surface area contributed by atoms with Crippen LogP contribution in [0.25, 0.3) is 0 Å². The summed E-state index contributed by atoms with van der Waals surface area (Å²) >= 11 is 0. The van der Waals surface area contributed by atoms with E-state index in [4.69, 9.17) is 0 Å². The van der Waals surface area contributed by atoms with E-state index < -0.39 is 0 Å². The minimum atomic E-state index is -0.0743. The smallest absolute Gasteiger partial charge is 0.317 e. The van der Waals surface area contributed by atoms with Crippen molar-refractivity contribution in [1.82, 2.24) is 10.2 Å². The van der Waals surface area contributed by atoms with Crippen LogP contribution in [-0.2, 0) is 11.3 Å². The fraction of sp³-hybridized carbons (Fsp3) is 0.467. The van der Waals surface area contributed by atoms with Gasteiger partial charge < -0.3 is 10.2 Å².